The molecule has 190 valence electrons. The summed E-state index contributed by atoms with van der Waals surface area (Å²) < 4.78 is 10.6. The van der Waals surface area contributed by atoms with E-state index in [1.54, 1.807) is 0 Å². The van der Waals surface area contributed by atoms with Crippen LogP contribution in [-0.4, -0.2) is 27.6 Å². The van der Waals surface area contributed by atoms with Gasteiger partial charge in [-0.2, -0.15) is 4.98 Å². The number of carbonyl (C=O) groups is 2. The maximum Gasteiger partial charge on any atom is 0.328 e. The van der Waals surface area contributed by atoms with Crippen LogP contribution in [0.5, 0.6) is 0 Å². The smallest absolute Gasteiger partial charge is 0.328 e. The van der Waals surface area contributed by atoms with Crippen LogP contribution in [-0.2, 0) is 16.0 Å². The van der Waals surface area contributed by atoms with Crippen molar-refractivity contribution in [3.8, 4) is 0 Å². The molecule has 0 atom stereocenters. The topological polar surface area (TPSA) is 94.3 Å². The number of carbonyl (C=O) groups excluding carboxylic acids is 2. The molecule has 7 nitrogen and oxygen atoms in total. The predicted molar refractivity (Wildman–Crippen MR) is 138 cm³/mol. The fourth-order valence-corrected chi connectivity index (χ4v) is 4.73. The van der Waals surface area contributed by atoms with Gasteiger partial charge in [-0.25, -0.2) is 0 Å². The molecule has 1 aliphatic carbocycles. The van der Waals surface area contributed by atoms with E-state index < -0.39 is 5.60 Å². The minimum absolute atomic E-state index is 0.0970. The maximum absolute atomic E-state index is 12.6. The number of benzene rings is 2. The van der Waals surface area contributed by atoms with E-state index in [2.05, 4.69) is 15.5 Å². The number of esters is 1. The highest BCUT2D eigenvalue weighted by atomic mass is 16.6. The fraction of sp³-hybridized carbons (Fsp3) is 0.448. The van der Waals surface area contributed by atoms with Gasteiger partial charge in [0, 0.05) is 18.4 Å². The van der Waals surface area contributed by atoms with Crippen LogP contribution in [0.1, 0.15) is 92.5 Å². The first-order valence-corrected chi connectivity index (χ1v) is 12.7. The largest absolute Gasteiger partial charge is 0.460 e. The molecule has 3 aromatic rings. The number of aromatic nitrogens is 2. The third-order valence-electron chi connectivity index (χ3n) is 6.56. The van der Waals surface area contributed by atoms with Gasteiger partial charge in [-0.05, 0) is 88.0 Å². The van der Waals surface area contributed by atoms with Crippen molar-refractivity contribution in [1.29, 1.82) is 0 Å². The summed E-state index contributed by atoms with van der Waals surface area (Å²) in [4.78, 5) is 28.9. The molecule has 0 bridgehead atoms. The summed E-state index contributed by atoms with van der Waals surface area (Å²) in [5, 5.41) is 6.64. The minimum Gasteiger partial charge on any atom is -0.460 e. The van der Waals surface area contributed by atoms with Crippen LogP contribution in [0, 0.1) is 5.92 Å². The Labute approximate surface area is 212 Å². The van der Waals surface area contributed by atoms with Gasteiger partial charge in [0.2, 0.25) is 0 Å². The van der Waals surface area contributed by atoms with Gasteiger partial charge in [0.25, 0.3) is 5.91 Å². The van der Waals surface area contributed by atoms with Crippen LogP contribution in [0.3, 0.4) is 0 Å². The van der Waals surface area contributed by atoms with Crippen molar-refractivity contribution in [3.63, 3.8) is 0 Å². The van der Waals surface area contributed by atoms with Crippen molar-refractivity contribution >= 4 is 17.9 Å². The molecule has 1 heterocycles. The van der Waals surface area contributed by atoms with E-state index in [-0.39, 0.29) is 17.9 Å². The maximum atomic E-state index is 12.6. The number of anilines is 1. The first-order chi connectivity index (χ1) is 17.2. The Bertz CT molecular complexity index is 1140. The summed E-state index contributed by atoms with van der Waals surface area (Å²) in [7, 11) is 0. The van der Waals surface area contributed by atoms with Crippen molar-refractivity contribution in [3.05, 3.63) is 77.1 Å². The second kappa shape index (κ2) is 11.5. The molecule has 0 unspecified atom stereocenters. The molecule has 1 aliphatic rings. The van der Waals surface area contributed by atoms with Crippen LogP contribution in [0.4, 0.5) is 6.01 Å². The Morgan fingerprint density at radius 2 is 1.69 bits per heavy atom. The van der Waals surface area contributed by atoms with E-state index in [9.17, 15) is 9.59 Å². The Morgan fingerprint density at radius 1 is 1.00 bits per heavy atom. The van der Waals surface area contributed by atoms with E-state index in [1.165, 1.54) is 5.56 Å². The van der Waals surface area contributed by atoms with Gasteiger partial charge in [-0.15, -0.1) is 0 Å². The molecule has 2 aromatic carbocycles. The van der Waals surface area contributed by atoms with Crippen molar-refractivity contribution in [2.45, 2.75) is 77.2 Å². The van der Waals surface area contributed by atoms with Gasteiger partial charge in [-0.1, -0.05) is 47.6 Å². The third kappa shape index (κ3) is 7.51. The molecule has 0 saturated heterocycles. The van der Waals surface area contributed by atoms with E-state index >= 15 is 0 Å². The highest BCUT2D eigenvalue weighted by Gasteiger charge is 2.24. The first kappa shape index (κ1) is 25.6. The Balaban J connectivity index is 1.23. The molecule has 36 heavy (non-hydrogen) atoms. The standard InChI is InChI=1S/C29H35N3O4/c1-29(2,3)35-26(33)18-11-20-9-12-22(13-10-20)23-14-16-24(17-15-23)27(34)31-28-30-25(32-36-28)19-21-7-5-4-6-8-21/h4-8,14-17,20,22H,9-13,18-19H2,1-3H3,(H,30,31,32,34)/t20-,22-. The van der Waals surface area contributed by atoms with E-state index in [4.69, 9.17) is 9.26 Å². The average molecular weight is 490 g/mol. The van der Waals surface area contributed by atoms with Gasteiger partial charge < -0.3 is 9.26 Å². The van der Waals surface area contributed by atoms with Crippen LogP contribution in [0.2, 0.25) is 0 Å². The summed E-state index contributed by atoms with van der Waals surface area (Å²) in [5.41, 5.74) is 2.45. The zero-order chi connectivity index (χ0) is 25.5. The molecule has 1 aromatic heterocycles. The number of rotatable bonds is 8. The number of hydrogen-bond donors (Lipinski definition) is 1. The minimum atomic E-state index is -0.422. The second-order valence-electron chi connectivity index (χ2n) is 10.6. The van der Waals surface area contributed by atoms with Crippen molar-refractivity contribution in [2.24, 2.45) is 5.92 Å². The number of hydrogen-bond acceptors (Lipinski definition) is 6. The summed E-state index contributed by atoms with van der Waals surface area (Å²) in [6.07, 6.45) is 6.33. The van der Waals surface area contributed by atoms with Crippen molar-refractivity contribution < 1.29 is 18.8 Å². The lowest BCUT2D eigenvalue weighted by molar-refractivity contribution is -0.155. The van der Waals surface area contributed by atoms with Crippen LogP contribution >= 0.6 is 0 Å². The van der Waals surface area contributed by atoms with Gasteiger partial charge in [0.15, 0.2) is 5.82 Å². The van der Waals surface area contributed by atoms with Gasteiger partial charge in [0.1, 0.15) is 5.60 Å². The van der Waals surface area contributed by atoms with Gasteiger partial charge >= 0.3 is 12.0 Å². The molecule has 1 amide bonds. The summed E-state index contributed by atoms with van der Waals surface area (Å²) in [5.74, 6) is 1.19. The molecule has 0 spiro atoms. The molecule has 4 rings (SSSR count). The lowest BCUT2D eigenvalue weighted by Crippen LogP contribution is -2.24. The zero-order valence-electron chi connectivity index (χ0n) is 21.3. The van der Waals surface area contributed by atoms with E-state index in [0.29, 0.717) is 36.1 Å². The lowest BCUT2D eigenvalue weighted by Gasteiger charge is -2.29. The molecular formula is C29H35N3O4. The third-order valence-corrected chi connectivity index (χ3v) is 6.56. The van der Waals surface area contributed by atoms with E-state index in [0.717, 1.165) is 37.7 Å². The van der Waals surface area contributed by atoms with E-state index in [1.807, 2.05) is 75.4 Å². The van der Waals surface area contributed by atoms with Crippen molar-refractivity contribution in [2.75, 3.05) is 5.32 Å². The number of amides is 1. The molecular weight excluding hydrogens is 454 g/mol. The molecule has 1 N–H and O–H groups in total. The summed E-state index contributed by atoms with van der Waals surface area (Å²) >= 11 is 0. The average Bonchev–Trinajstić information content (AvgIpc) is 3.29. The number of nitrogens with one attached hydrogen (secondary N) is 1. The van der Waals surface area contributed by atoms with Gasteiger partial charge in [-0.3, -0.25) is 14.9 Å². The Kier molecular flexibility index (Phi) is 8.18. The van der Waals surface area contributed by atoms with Crippen molar-refractivity contribution in [1.82, 2.24) is 10.1 Å². The predicted octanol–water partition coefficient (Wildman–Crippen LogP) is 6.31. The number of ether oxygens (including phenoxy) is 1. The zero-order valence-corrected chi connectivity index (χ0v) is 21.3. The SMILES string of the molecule is CC(C)(C)OC(=O)CC[C@H]1CC[C@H](c2ccc(C(=O)Nc3nc(Cc4ccccc4)no3)cc2)CC1. The van der Waals surface area contributed by atoms with Crippen LogP contribution < -0.4 is 5.32 Å². The van der Waals surface area contributed by atoms with Crippen LogP contribution in [0.15, 0.2) is 59.1 Å². The fourth-order valence-electron chi connectivity index (χ4n) is 4.73. The second-order valence-corrected chi connectivity index (χ2v) is 10.6. The summed E-state index contributed by atoms with van der Waals surface area (Å²) in [6, 6.07) is 17.7. The van der Waals surface area contributed by atoms with Gasteiger partial charge in [0.05, 0.1) is 0 Å². The monoisotopic (exact) mass is 489 g/mol. The lowest BCUT2D eigenvalue weighted by atomic mass is 9.77. The summed E-state index contributed by atoms with van der Waals surface area (Å²) in [6.45, 7) is 5.71. The molecule has 1 saturated carbocycles. The molecule has 1 fully saturated rings. The molecule has 0 radical (unpaired) electrons. The quantitative estimate of drug-likeness (QED) is 0.373. The first-order valence-electron chi connectivity index (χ1n) is 12.7. The van der Waals surface area contributed by atoms with Crippen LogP contribution in [0.25, 0.3) is 0 Å². The normalized spacial score (nSPS) is 18.0. The highest BCUT2D eigenvalue weighted by molar-refractivity contribution is 6.03. The molecule has 7 heteroatoms. The number of nitrogens with zero attached hydrogens (tertiary/aromatic N) is 2. The highest BCUT2D eigenvalue weighted by Crippen LogP contribution is 2.37. The molecule has 0 aliphatic heterocycles. The Morgan fingerprint density at radius 3 is 2.36 bits per heavy atom. The Hall–Kier alpha value is -3.48.